The van der Waals surface area contributed by atoms with Gasteiger partial charge in [0, 0.05) is 13.6 Å². The smallest absolute Gasteiger partial charge is 0.282 e. The van der Waals surface area contributed by atoms with Gasteiger partial charge < -0.3 is 5.32 Å². The minimum absolute atomic E-state index is 0.127. The zero-order valence-electron chi connectivity index (χ0n) is 11.0. The van der Waals surface area contributed by atoms with Gasteiger partial charge in [-0.15, -0.1) is 0 Å². The topological polar surface area (TPSA) is 46.9 Å². The van der Waals surface area contributed by atoms with Crippen LogP contribution in [0.25, 0.3) is 0 Å². The molecule has 5 heteroatoms. The molecule has 0 saturated carbocycles. The summed E-state index contributed by atoms with van der Waals surface area (Å²) in [5.74, 6) is 0.563. The summed E-state index contributed by atoms with van der Waals surface area (Å²) in [5.41, 5.74) is 0.791. The third-order valence-electron chi connectivity index (χ3n) is 3.38. The largest absolute Gasteiger partial charge is 0.382 e. The van der Waals surface area contributed by atoms with E-state index in [2.05, 4.69) is 54.0 Å². The third kappa shape index (κ3) is 3.31. The molecule has 0 amide bonds. The van der Waals surface area contributed by atoms with Crippen LogP contribution < -0.4 is 10.9 Å². The maximum atomic E-state index is 11.7. The number of hydrogen-bond acceptors (Lipinski definition) is 3. The van der Waals surface area contributed by atoms with E-state index < -0.39 is 0 Å². The van der Waals surface area contributed by atoms with E-state index >= 15 is 0 Å². The Labute approximate surface area is 111 Å². The summed E-state index contributed by atoms with van der Waals surface area (Å²) in [6.07, 6.45) is 1.67. The summed E-state index contributed by atoms with van der Waals surface area (Å²) < 4.78 is 1.85. The maximum Gasteiger partial charge on any atom is 0.282 e. The Bertz CT molecular complexity index is 452. The van der Waals surface area contributed by atoms with Crippen molar-refractivity contribution in [3.8, 4) is 0 Å². The van der Waals surface area contributed by atoms with Crippen LogP contribution >= 0.6 is 15.9 Å². The van der Waals surface area contributed by atoms with Gasteiger partial charge in [0.25, 0.3) is 5.56 Å². The van der Waals surface area contributed by atoms with Crippen molar-refractivity contribution in [2.45, 2.75) is 27.7 Å². The normalized spacial score (nSPS) is 11.9. The molecule has 0 unspecified atom stereocenters. The SMILES string of the molecule is CC(C)C(C)(C)CNc1cnn(C)c(=O)c1Br. The van der Waals surface area contributed by atoms with Gasteiger partial charge in [0.15, 0.2) is 0 Å². The average Bonchev–Trinajstić information content (AvgIpc) is 2.25. The van der Waals surface area contributed by atoms with Gasteiger partial charge in [0.05, 0.1) is 11.9 Å². The van der Waals surface area contributed by atoms with E-state index in [0.29, 0.717) is 10.4 Å². The summed E-state index contributed by atoms with van der Waals surface area (Å²) in [6, 6.07) is 0. The van der Waals surface area contributed by atoms with Gasteiger partial charge in [-0.25, -0.2) is 4.68 Å². The van der Waals surface area contributed by atoms with Crippen molar-refractivity contribution in [2.75, 3.05) is 11.9 Å². The molecule has 1 N–H and O–H groups in total. The second-order valence-corrected chi connectivity index (χ2v) is 6.09. The zero-order valence-corrected chi connectivity index (χ0v) is 12.6. The average molecular weight is 302 g/mol. The second-order valence-electron chi connectivity index (χ2n) is 5.30. The maximum absolute atomic E-state index is 11.7. The summed E-state index contributed by atoms with van der Waals surface area (Å²) in [7, 11) is 1.63. The molecule has 17 heavy (non-hydrogen) atoms. The van der Waals surface area contributed by atoms with Crippen LogP contribution in [0.1, 0.15) is 27.7 Å². The molecule has 0 aliphatic rings. The lowest BCUT2D eigenvalue weighted by molar-refractivity contribution is 0.269. The molecule has 0 fully saturated rings. The minimum Gasteiger partial charge on any atom is -0.382 e. The molecule has 0 bridgehead atoms. The Kier molecular flexibility index (Phi) is 4.36. The van der Waals surface area contributed by atoms with Crippen LogP contribution in [0.2, 0.25) is 0 Å². The molecule has 96 valence electrons. The van der Waals surface area contributed by atoms with E-state index in [4.69, 9.17) is 0 Å². The van der Waals surface area contributed by atoms with Crippen LogP contribution in [0.5, 0.6) is 0 Å². The van der Waals surface area contributed by atoms with Crippen molar-refractivity contribution in [3.05, 3.63) is 21.0 Å². The fraction of sp³-hybridized carbons (Fsp3) is 0.667. The molecular weight excluding hydrogens is 282 g/mol. The Morgan fingerprint density at radius 1 is 1.53 bits per heavy atom. The lowest BCUT2D eigenvalue weighted by Crippen LogP contribution is -2.30. The molecule has 0 aliphatic carbocycles. The van der Waals surface area contributed by atoms with Gasteiger partial charge in [-0.1, -0.05) is 27.7 Å². The van der Waals surface area contributed by atoms with Crippen LogP contribution in [-0.4, -0.2) is 16.3 Å². The van der Waals surface area contributed by atoms with Gasteiger partial charge in [-0.05, 0) is 27.3 Å². The molecule has 1 aromatic heterocycles. The highest BCUT2D eigenvalue weighted by Crippen LogP contribution is 2.27. The van der Waals surface area contributed by atoms with E-state index in [1.54, 1.807) is 13.2 Å². The zero-order chi connectivity index (χ0) is 13.2. The highest BCUT2D eigenvalue weighted by Gasteiger charge is 2.22. The van der Waals surface area contributed by atoms with E-state index in [0.717, 1.165) is 12.2 Å². The van der Waals surface area contributed by atoms with Crippen LogP contribution in [0.3, 0.4) is 0 Å². The Morgan fingerprint density at radius 3 is 2.65 bits per heavy atom. The van der Waals surface area contributed by atoms with Gasteiger partial charge >= 0.3 is 0 Å². The molecule has 1 rings (SSSR count). The fourth-order valence-corrected chi connectivity index (χ4v) is 1.66. The van der Waals surface area contributed by atoms with Crippen LogP contribution in [0.15, 0.2) is 15.5 Å². The Morgan fingerprint density at radius 2 is 2.12 bits per heavy atom. The number of halogens is 1. The van der Waals surface area contributed by atoms with Gasteiger partial charge in [0.1, 0.15) is 4.47 Å². The highest BCUT2D eigenvalue weighted by molar-refractivity contribution is 9.10. The van der Waals surface area contributed by atoms with E-state index in [1.165, 1.54) is 4.68 Å². The first-order chi connectivity index (χ1) is 7.75. The van der Waals surface area contributed by atoms with Crippen molar-refractivity contribution < 1.29 is 0 Å². The third-order valence-corrected chi connectivity index (χ3v) is 4.14. The van der Waals surface area contributed by atoms with Gasteiger partial charge in [-0.2, -0.15) is 5.10 Å². The molecule has 4 nitrogen and oxygen atoms in total. The number of nitrogens with zero attached hydrogens (tertiary/aromatic N) is 2. The molecule has 0 atom stereocenters. The van der Waals surface area contributed by atoms with Crippen molar-refractivity contribution in [3.63, 3.8) is 0 Å². The minimum atomic E-state index is -0.127. The molecule has 0 aliphatic heterocycles. The number of anilines is 1. The standard InChI is InChI=1S/C12H20BrN3O/c1-8(2)12(3,4)7-14-9-6-15-16(5)11(17)10(9)13/h6,8,14H,7H2,1-5H3. The second kappa shape index (κ2) is 5.21. The van der Waals surface area contributed by atoms with Crippen molar-refractivity contribution in [1.29, 1.82) is 0 Å². The van der Waals surface area contributed by atoms with Crippen molar-refractivity contribution >= 4 is 21.6 Å². The predicted molar refractivity (Wildman–Crippen MR) is 74.3 cm³/mol. The van der Waals surface area contributed by atoms with E-state index in [-0.39, 0.29) is 11.0 Å². The van der Waals surface area contributed by atoms with E-state index in [1.807, 2.05) is 0 Å². The summed E-state index contributed by atoms with van der Waals surface area (Å²) in [6.45, 7) is 9.59. The lowest BCUT2D eigenvalue weighted by atomic mass is 9.81. The molecule has 0 radical (unpaired) electrons. The number of nitrogens with one attached hydrogen (secondary N) is 1. The molecule has 1 aromatic rings. The summed E-state index contributed by atoms with van der Waals surface area (Å²) >= 11 is 3.30. The molecular formula is C12H20BrN3O. The van der Waals surface area contributed by atoms with Gasteiger partial charge in [-0.3, -0.25) is 4.79 Å². The monoisotopic (exact) mass is 301 g/mol. The number of aryl methyl sites for hydroxylation is 1. The molecule has 0 spiro atoms. The van der Waals surface area contributed by atoms with Crippen LogP contribution in [-0.2, 0) is 7.05 Å². The Hall–Kier alpha value is -0.840. The molecule has 0 aromatic carbocycles. The summed E-state index contributed by atoms with van der Waals surface area (Å²) in [4.78, 5) is 11.7. The lowest BCUT2D eigenvalue weighted by Gasteiger charge is -2.29. The molecule has 0 saturated heterocycles. The Balaban J connectivity index is 2.85. The summed E-state index contributed by atoms with van der Waals surface area (Å²) in [5, 5.41) is 7.28. The quantitative estimate of drug-likeness (QED) is 0.930. The van der Waals surface area contributed by atoms with Crippen molar-refractivity contribution in [2.24, 2.45) is 18.4 Å². The van der Waals surface area contributed by atoms with Crippen LogP contribution in [0.4, 0.5) is 5.69 Å². The predicted octanol–water partition coefficient (Wildman–Crippen LogP) is 2.64. The first-order valence-corrected chi connectivity index (χ1v) is 6.50. The van der Waals surface area contributed by atoms with Gasteiger partial charge in [0.2, 0.25) is 0 Å². The first kappa shape index (κ1) is 14.2. The van der Waals surface area contributed by atoms with E-state index in [9.17, 15) is 4.79 Å². The fourth-order valence-electron chi connectivity index (χ4n) is 1.16. The van der Waals surface area contributed by atoms with Crippen molar-refractivity contribution in [1.82, 2.24) is 9.78 Å². The van der Waals surface area contributed by atoms with Crippen LogP contribution in [0, 0.1) is 11.3 Å². The number of rotatable bonds is 4. The first-order valence-electron chi connectivity index (χ1n) is 5.71. The molecule has 1 heterocycles. The number of aromatic nitrogens is 2. The highest BCUT2D eigenvalue weighted by atomic mass is 79.9. The number of hydrogen-bond donors (Lipinski definition) is 1.